The molecule has 1 unspecified atom stereocenters. The van der Waals surface area contributed by atoms with Gasteiger partial charge in [0.1, 0.15) is 30.0 Å². The fraction of sp³-hybridized carbons (Fsp3) is 0.810. The molecule has 0 radical (unpaired) electrons. The van der Waals surface area contributed by atoms with E-state index in [-0.39, 0.29) is 41.5 Å². The Morgan fingerprint density at radius 3 is 2.76 bits per heavy atom. The van der Waals surface area contributed by atoms with Crippen molar-refractivity contribution in [1.29, 1.82) is 0 Å². The molecule has 8 heteroatoms. The van der Waals surface area contributed by atoms with Crippen LogP contribution in [-0.4, -0.2) is 59.2 Å². The Bertz CT molecular complexity index is 930. The summed E-state index contributed by atoms with van der Waals surface area (Å²) in [7, 11) is 0. The molecule has 3 aliphatic carbocycles. The van der Waals surface area contributed by atoms with Crippen molar-refractivity contribution in [2.45, 2.75) is 81.3 Å². The number of esters is 1. The second-order valence-corrected chi connectivity index (χ2v) is 10.6. The molecule has 4 heterocycles. The third kappa shape index (κ3) is 1.57. The number of epoxide rings is 3. The lowest BCUT2D eigenvalue weighted by Crippen LogP contribution is -2.69. The number of rotatable bonds is 2. The molecule has 0 amide bonds. The maximum Gasteiger partial charge on any atom is 0.404 e. The second kappa shape index (κ2) is 4.69. The highest BCUT2D eigenvalue weighted by Crippen LogP contribution is 2.83. The highest BCUT2D eigenvalue weighted by Gasteiger charge is 3.01. The number of carbonyl (C=O) groups is 2. The highest BCUT2D eigenvalue weighted by atomic mass is 35.5. The van der Waals surface area contributed by atoms with Crippen LogP contribution in [0.15, 0.2) is 11.1 Å². The normalized spacial score (nSPS) is 57.6. The third-order valence-corrected chi connectivity index (χ3v) is 9.36. The average Bonchev–Trinajstić information content (AvgIpc) is 3.53. The fourth-order valence-corrected chi connectivity index (χ4v) is 8.02. The van der Waals surface area contributed by atoms with Crippen molar-refractivity contribution >= 4 is 23.0 Å². The van der Waals surface area contributed by atoms with Gasteiger partial charge < -0.3 is 23.7 Å². The first-order valence-electron chi connectivity index (χ1n) is 10.5. The largest absolute Gasteiger partial charge is 0.458 e. The molecule has 2 spiro atoms. The Balaban J connectivity index is 1.38. The lowest BCUT2D eigenvalue weighted by Gasteiger charge is -2.53. The van der Waals surface area contributed by atoms with Gasteiger partial charge >= 0.3 is 11.4 Å². The van der Waals surface area contributed by atoms with Gasteiger partial charge in [-0.15, -0.1) is 0 Å². The standard InChI is InChI=1S/C21H23ClO7/c1-8(2)19-13(28-19)14-21(29-14)18(3)5-4-9-10(7-25-15(9)23)11(18)6-12-20(21,27-12)16(19)26-17(22)24/h8,11-14,16H,4-7H2,1-3H3/t11-,12-,13-,14?,16+,18-,19-,20+,21+/m0/s1. The van der Waals surface area contributed by atoms with E-state index in [2.05, 4.69) is 20.8 Å². The Hall–Kier alpha value is -1.15. The number of carbonyl (C=O) groups excluding carboxylic acids is 2. The van der Waals surface area contributed by atoms with E-state index in [0.29, 0.717) is 13.0 Å². The van der Waals surface area contributed by atoms with Gasteiger partial charge in [-0.05, 0) is 36.7 Å². The molecule has 156 valence electrons. The Morgan fingerprint density at radius 1 is 1.24 bits per heavy atom. The van der Waals surface area contributed by atoms with Gasteiger partial charge in [0.05, 0.1) is 6.10 Å². The van der Waals surface area contributed by atoms with Crippen LogP contribution in [0.3, 0.4) is 0 Å². The number of hydrogen-bond acceptors (Lipinski definition) is 7. The first-order chi connectivity index (χ1) is 13.7. The van der Waals surface area contributed by atoms with Crippen LogP contribution in [-0.2, 0) is 28.5 Å². The van der Waals surface area contributed by atoms with Crippen molar-refractivity contribution in [3.63, 3.8) is 0 Å². The summed E-state index contributed by atoms with van der Waals surface area (Å²) in [4.78, 5) is 24.0. The Kier molecular flexibility index (Phi) is 2.83. The molecule has 0 N–H and O–H groups in total. The summed E-state index contributed by atoms with van der Waals surface area (Å²) in [5.74, 6) is 0.103. The maximum atomic E-state index is 12.2. The van der Waals surface area contributed by atoms with Crippen LogP contribution >= 0.6 is 11.6 Å². The van der Waals surface area contributed by atoms with E-state index in [1.807, 2.05) is 0 Å². The minimum Gasteiger partial charge on any atom is -0.458 e. The number of hydrogen-bond donors (Lipinski definition) is 0. The number of ether oxygens (including phenoxy) is 5. The number of halogens is 1. The first-order valence-corrected chi connectivity index (χ1v) is 10.9. The van der Waals surface area contributed by atoms with Crippen LogP contribution in [0.2, 0.25) is 0 Å². The van der Waals surface area contributed by atoms with Crippen LogP contribution in [0.25, 0.3) is 0 Å². The fourth-order valence-electron chi connectivity index (χ4n) is 7.93. The van der Waals surface area contributed by atoms with Gasteiger partial charge in [-0.25, -0.2) is 9.59 Å². The molecule has 4 aliphatic heterocycles. The monoisotopic (exact) mass is 422 g/mol. The zero-order valence-corrected chi connectivity index (χ0v) is 17.3. The van der Waals surface area contributed by atoms with Crippen LogP contribution in [0, 0.1) is 17.3 Å². The molecule has 7 rings (SSSR count). The molecule has 0 aromatic rings. The molecule has 2 saturated carbocycles. The lowest BCUT2D eigenvalue weighted by molar-refractivity contribution is -0.136. The van der Waals surface area contributed by atoms with Crippen molar-refractivity contribution in [2.24, 2.45) is 17.3 Å². The van der Waals surface area contributed by atoms with Gasteiger partial charge in [0, 0.05) is 22.6 Å². The zero-order valence-electron chi connectivity index (χ0n) is 16.5. The third-order valence-electron chi connectivity index (χ3n) is 9.28. The van der Waals surface area contributed by atoms with E-state index in [1.165, 1.54) is 0 Å². The van der Waals surface area contributed by atoms with Crippen LogP contribution < -0.4 is 0 Å². The maximum absolute atomic E-state index is 12.2. The van der Waals surface area contributed by atoms with E-state index in [1.54, 1.807) is 0 Å². The lowest BCUT2D eigenvalue weighted by atomic mass is 9.46. The molecule has 7 nitrogen and oxygen atoms in total. The molecule has 0 aromatic heterocycles. The molecule has 9 atom stereocenters. The summed E-state index contributed by atoms with van der Waals surface area (Å²) in [5, 5.41) is 0. The molecule has 3 saturated heterocycles. The minimum atomic E-state index is -0.835. The Labute approximate surface area is 173 Å². The minimum absolute atomic E-state index is 0.0897. The molecular weight excluding hydrogens is 400 g/mol. The van der Waals surface area contributed by atoms with E-state index in [4.69, 9.17) is 35.3 Å². The van der Waals surface area contributed by atoms with Crippen LogP contribution in [0.1, 0.15) is 40.0 Å². The summed E-state index contributed by atoms with van der Waals surface area (Å²) in [6.07, 6.45) is 1.32. The molecule has 7 aliphatic rings. The predicted molar refractivity (Wildman–Crippen MR) is 97.2 cm³/mol. The van der Waals surface area contributed by atoms with Crippen molar-refractivity contribution in [2.75, 3.05) is 6.61 Å². The SMILES string of the molecule is CC(C)[C@]12O[C@H]1C1O[C@]13[C@]1(O[C@H]1C[C@H]1C4=C(CC[C@@]13C)C(=O)OC4)[C@@H]2OC(=O)Cl. The summed E-state index contributed by atoms with van der Waals surface area (Å²) in [6.45, 7) is 6.76. The van der Waals surface area contributed by atoms with Crippen molar-refractivity contribution in [1.82, 2.24) is 0 Å². The quantitative estimate of drug-likeness (QED) is 0.383. The van der Waals surface area contributed by atoms with Gasteiger partial charge in [-0.2, -0.15) is 0 Å². The number of fused-ring (bicyclic) bond motifs is 4. The van der Waals surface area contributed by atoms with E-state index >= 15 is 0 Å². The van der Waals surface area contributed by atoms with Gasteiger partial charge in [0.25, 0.3) is 0 Å². The zero-order chi connectivity index (χ0) is 20.1. The topological polar surface area (TPSA) is 90.2 Å². The summed E-state index contributed by atoms with van der Waals surface area (Å²) in [6, 6.07) is 0. The Morgan fingerprint density at radius 2 is 2.03 bits per heavy atom. The van der Waals surface area contributed by atoms with Crippen molar-refractivity contribution in [3.8, 4) is 0 Å². The highest BCUT2D eigenvalue weighted by molar-refractivity contribution is 6.61. The van der Waals surface area contributed by atoms with E-state index < -0.39 is 28.3 Å². The van der Waals surface area contributed by atoms with Crippen molar-refractivity contribution in [3.05, 3.63) is 11.1 Å². The van der Waals surface area contributed by atoms with Gasteiger partial charge in [-0.3, -0.25) is 0 Å². The van der Waals surface area contributed by atoms with E-state index in [0.717, 1.165) is 24.0 Å². The van der Waals surface area contributed by atoms with Gasteiger partial charge in [0.2, 0.25) is 0 Å². The summed E-state index contributed by atoms with van der Waals surface area (Å²) in [5.41, 5.74) is -1.06. The van der Waals surface area contributed by atoms with Gasteiger partial charge in [-0.1, -0.05) is 20.8 Å². The molecule has 0 bridgehead atoms. The summed E-state index contributed by atoms with van der Waals surface area (Å²) < 4.78 is 30.4. The number of cyclic esters (lactones) is 1. The first kappa shape index (κ1) is 17.5. The predicted octanol–water partition coefficient (Wildman–Crippen LogP) is 2.49. The second-order valence-electron chi connectivity index (χ2n) is 10.2. The van der Waals surface area contributed by atoms with Crippen LogP contribution in [0.4, 0.5) is 4.79 Å². The van der Waals surface area contributed by atoms with Gasteiger partial charge in [0.15, 0.2) is 11.7 Å². The molecule has 29 heavy (non-hydrogen) atoms. The van der Waals surface area contributed by atoms with Crippen LogP contribution in [0.5, 0.6) is 0 Å². The average molecular weight is 423 g/mol. The smallest absolute Gasteiger partial charge is 0.404 e. The van der Waals surface area contributed by atoms with E-state index in [9.17, 15) is 9.59 Å². The molecular formula is C21H23ClO7. The molecule has 0 aromatic carbocycles. The molecule has 5 fully saturated rings. The van der Waals surface area contributed by atoms with Crippen molar-refractivity contribution < 1.29 is 33.3 Å². The summed E-state index contributed by atoms with van der Waals surface area (Å²) >= 11 is 5.72.